The van der Waals surface area contributed by atoms with E-state index in [1.807, 2.05) is 0 Å². The van der Waals surface area contributed by atoms with Crippen molar-refractivity contribution in [3.05, 3.63) is 58.6 Å². The fourth-order valence-corrected chi connectivity index (χ4v) is 1.76. The van der Waals surface area contributed by atoms with E-state index in [9.17, 15) is 4.39 Å². The van der Waals surface area contributed by atoms with Crippen LogP contribution in [0.1, 0.15) is 11.3 Å². The molecule has 0 saturated carbocycles. The van der Waals surface area contributed by atoms with E-state index in [2.05, 4.69) is 15.5 Å². The Morgan fingerprint density at radius 1 is 1.40 bits per heavy atom. The number of nitrogens with two attached hydrogens (primary N) is 1. The quantitative estimate of drug-likeness (QED) is 0.350. The summed E-state index contributed by atoms with van der Waals surface area (Å²) in [7, 11) is 0. The van der Waals surface area contributed by atoms with Crippen molar-refractivity contribution < 1.29 is 9.60 Å². The normalized spacial score (nSPS) is 11.4. The molecule has 0 atom stereocenters. The number of aromatic nitrogens is 1. The monoisotopic (exact) mass is 294 g/mol. The zero-order chi connectivity index (χ0) is 14.5. The fourth-order valence-electron chi connectivity index (χ4n) is 1.61. The summed E-state index contributed by atoms with van der Waals surface area (Å²) in [4.78, 5) is 3.96. The predicted octanol–water partition coefficient (Wildman–Crippen LogP) is 2.58. The number of amidine groups is 1. The topological polar surface area (TPSA) is 83.5 Å². The smallest absolute Gasteiger partial charge is 0.188 e. The van der Waals surface area contributed by atoms with Crippen molar-refractivity contribution in [3.63, 3.8) is 0 Å². The third kappa shape index (κ3) is 3.36. The van der Waals surface area contributed by atoms with Gasteiger partial charge in [-0.25, -0.2) is 4.39 Å². The third-order valence-electron chi connectivity index (χ3n) is 2.61. The molecule has 7 heteroatoms. The van der Waals surface area contributed by atoms with Crippen molar-refractivity contribution in [2.75, 3.05) is 5.32 Å². The van der Waals surface area contributed by atoms with Crippen molar-refractivity contribution in [1.29, 1.82) is 0 Å². The molecule has 1 heterocycles. The van der Waals surface area contributed by atoms with E-state index >= 15 is 0 Å². The largest absolute Gasteiger partial charge is 0.409 e. The van der Waals surface area contributed by atoms with Crippen molar-refractivity contribution in [2.45, 2.75) is 6.54 Å². The average Bonchev–Trinajstić information content (AvgIpc) is 2.46. The van der Waals surface area contributed by atoms with E-state index in [4.69, 9.17) is 22.5 Å². The third-order valence-corrected chi connectivity index (χ3v) is 2.84. The summed E-state index contributed by atoms with van der Waals surface area (Å²) in [6, 6.07) is 7.79. The molecule has 0 radical (unpaired) electrons. The molecule has 0 aliphatic heterocycles. The van der Waals surface area contributed by atoms with Gasteiger partial charge in [-0.3, -0.25) is 4.98 Å². The number of oxime groups is 1. The van der Waals surface area contributed by atoms with Gasteiger partial charge in [-0.15, -0.1) is 0 Å². The maximum atomic E-state index is 13.6. The van der Waals surface area contributed by atoms with Gasteiger partial charge in [0.15, 0.2) is 5.84 Å². The molecule has 1 aromatic carbocycles. The minimum Gasteiger partial charge on any atom is -0.409 e. The molecule has 20 heavy (non-hydrogen) atoms. The van der Waals surface area contributed by atoms with Gasteiger partial charge < -0.3 is 16.3 Å². The molecule has 0 fully saturated rings. The number of nitrogens with one attached hydrogen (secondary N) is 1. The van der Waals surface area contributed by atoms with Crippen LogP contribution in [0.3, 0.4) is 0 Å². The van der Waals surface area contributed by atoms with E-state index in [0.717, 1.165) is 5.56 Å². The van der Waals surface area contributed by atoms with Crippen molar-refractivity contribution in [2.24, 2.45) is 10.9 Å². The lowest BCUT2D eigenvalue weighted by Crippen LogP contribution is -2.15. The highest BCUT2D eigenvalue weighted by atomic mass is 35.5. The Morgan fingerprint density at radius 3 is 2.90 bits per heavy atom. The predicted molar refractivity (Wildman–Crippen MR) is 75.5 cm³/mol. The Kier molecular flexibility index (Phi) is 4.37. The van der Waals surface area contributed by atoms with Gasteiger partial charge in [0, 0.05) is 17.8 Å². The Bertz CT molecular complexity index is 648. The zero-order valence-electron chi connectivity index (χ0n) is 10.3. The van der Waals surface area contributed by atoms with Crippen LogP contribution in [-0.4, -0.2) is 16.0 Å². The Morgan fingerprint density at radius 2 is 2.20 bits per heavy atom. The lowest BCUT2D eigenvalue weighted by Gasteiger charge is -2.08. The molecular weight excluding hydrogens is 283 g/mol. The second-order valence-electron chi connectivity index (χ2n) is 4.01. The Labute approximate surface area is 119 Å². The maximum absolute atomic E-state index is 13.6. The lowest BCUT2D eigenvalue weighted by molar-refractivity contribution is 0.318. The molecule has 0 unspecified atom stereocenters. The Hall–Kier alpha value is -2.34. The van der Waals surface area contributed by atoms with Crippen LogP contribution in [0.2, 0.25) is 5.02 Å². The van der Waals surface area contributed by atoms with Gasteiger partial charge in [0.2, 0.25) is 0 Å². The van der Waals surface area contributed by atoms with Crippen LogP contribution in [0.4, 0.5) is 10.1 Å². The highest BCUT2D eigenvalue weighted by Crippen LogP contribution is 2.19. The SMILES string of the molecule is NC(=NO)c1cc(CNc2ccc(Cl)cc2F)ccn1. The van der Waals surface area contributed by atoms with Crippen molar-refractivity contribution in [1.82, 2.24) is 4.98 Å². The highest BCUT2D eigenvalue weighted by molar-refractivity contribution is 6.30. The van der Waals surface area contributed by atoms with Crippen LogP contribution in [-0.2, 0) is 6.54 Å². The van der Waals surface area contributed by atoms with Crippen molar-refractivity contribution >= 4 is 23.1 Å². The van der Waals surface area contributed by atoms with Crippen molar-refractivity contribution in [3.8, 4) is 0 Å². The molecule has 0 aliphatic carbocycles. The summed E-state index contributed by atoms with van der Waals surface area (Å²) in [5.41, 5.74) is 6.96. The number of hydrogen-bond acceptors (Lipinski definition) is 4. The number of hydrogen-bond donors (Lipinski definition) is 3. The first kappa shape index (κ1) is 14.1. The first-order valence-electron chi connectivity index (χ1n) is 5.72. The number of nitrogens with zero attached hydrogens (tertiary/aromatic N) is 2. The molecule has 0 saturated heterocycles. The molecule has 4 N–H and O–H groups in total. The number of halogens is 2. The van der Waals surface area contributed by atoms with Gasteiger partial charge in [0.25, 0.3) is 0 Å². The second kappa shape index (κ2) is 6.21. The van der Waals surface area contributed by atoms with Crippen LogP contribution >= 0.6 is 11.6 Å². The number of rotatable bonds is 4. The van der Waals surface area contributed by atoms with Gasteiger partial charge in [-0.1, -0.05) is 16.8 Å². The van der Waals surface area contributed by atoms with Crippen LogP contribution in [0.5, 0.6) is 0 Å². The molecule has 0 amide bonds. The molecule has 1 aromatic heterocycles. The highest BCUT2D eigenvalue weighted by Gasteiger charge is 2.05. The fraction of sp³-hybridized carbons (Fsp3) is 0.0769. The minimum atomic E-state index is -0.428. The first-order valence-corrected chi connectivity index (χ1v) is 6.09. The van der Waals surface area contributed by atoms with Gasteiger partial charge in [0.05, 0.1) is 5.69 Å². The van der Waals surface area contributed by atoms with Crippen LogP contribution < -0.4 is 11.1 Å². The summed E-state index contributed by atoms with van der Waals surface area (Å²) in [5, 5.41) is 14.7. The first-order chi connectivity index (χ1) is 9.60. The molecule has 0 spiro atoms. The molecule has 5 nitrogen and oxygen atoms in total. The summed E-state index contributed by atoms with van der Waals surface area (Å²) < 4.78 is 13.6. The standard InChI is InChI=1S/C13H12ClFN4O/c14-9-1-2-11(10(15)6-9)18-7-8-3-4-17-12(5-8)13(16)19-20/h1-6,18,20H,7H2,(H2,16,19). The van der Waals surface area contributed by atoms with Gasteiger partial charge >= 0.3 is 0 Å². The van der Waals surface area contributed by atoms with Gasteiger partial charge in [0.1, 0.15) is 11.5 Å². The molecular formula is C13H12ClFN4O. The summed E-state index contributed by atoms with van der Waals surface area (Å²) in [6.07, 6.45) is 1.53. The number of benzene rings is 1. The summed E-state index contributed by atoms with van der Waals surface area (Å²) in [5.74, 6) is -0.507. The maximum Gasteiger partial charge on any atom is 0.188 e. The van der Waals surface area contributed by atoms with E-state index in [0.29, 0.717) is 22.9 Å². The summed E-state index contributed by atoms with van der Waals surface area (Å²) >= 11 is 5.68. The Balaban J connectivity index is 2.11. The number of pyridine rings is 1. The van der Waals surface area contributed by atoms with E-state index < -0.39 is 5.82 Å². The molecule has 104 valence electrons. The van der Waals surface area contributed by atoms with E-state index in [1.54, 1.807) is 24.3 Å². The molecule has 2 aromatic rings. The van der Waals surface area contributed by atoms with E-state index in [-0.39, 0.29) is 5.84 Å². The van der Waals surface area contributed by atoms with Crippen LogP contribution in [0.25, 0.3) is 0 Å². The van der Waals surface area contributed by atoms with Gasteiger partial charge in [-0.2, -0.15) is 0 Å². The molecule has 0 bridgehead atoms. The lowest BCUT2D eigenvalue weighted by atomic mass is 10.2. The second-order valence-corrected chi connectivity index (χ2v) is 4.45. The van der Waals surface area contributed by atoms with E-state index in [1.165, 1.54) is 12.3 Å². The van der Waals surface area contributed by atoms with Crippen LogP contribution in [0.15, 0.2) is 41.7 Å². The van der Waals surface area contributed by atoms with Crippen LogP contribution in [0, 0.1) is 5.82 Å². The minimum absolute atomic E-state index is 0.0791. The zero-order valence-corrected chi connectivity index (χ0v) is 11.1. The average molecular weight is 295 g/mol. The summed E-state index contributed by atoms with van der Waals surface area (Å²) in [6.45, 7) is 0.368. The molecule has 0 aliphatic rings. The number of anilines is 1. The van der Waals surface area contributed by atoms with Gasteiger partial charge in [-0.05, 0) is 35.9 Å². The molecule has 2 rings (SSSR count).